The number of nitrogens with two attached hydrogens (primary N) is 1. The van der Waals surface area contributed by atoms with Gasteiger partial charge in [-0.25, -0.2) is 0 Å². The Bertz CT molecular complexity index is 471. The van der Waals surface area contributed by atoms with E-state index < -0.39 is 11.7 Å². The summed E-state index contributed by atoms with van der Waals surface area (Å²) in [6.07, 6.45) is -4.43. The van der Waals surface area contributed by atoms with Gasteiger partial charge in [0.05, 0.1) is 31.6 Å². The van der Waals surface area contributed by atoms with Crippen LogP contribution in [0, 0.1) is 0 Å². The van der Waals surface area contributed by atoms with Crippen LogP contribution in [-0.2, 0) is 17.5 Å². The minimum atomic E-state index is -4.43. The lowest BCUT2D eigenvalue weighted by Crippen LogP contribution is -2.36. The first-order valence-corrected chi connectivity index (χ1v) is 6.25. The summed E-state index contributed by atoms with van der Waals surface area (Å²) in [6.45, 7) is 2.50. The molecular formula is C13H17F3N2O2. The van der Waals surface area contributed by atoms with Crippen molar-refractivity contribution in [1.29, 1.82) is 0 Å². The molecule has 0 unspecified atom stereocenters. The van der Waals surface area contributed by atoms with Crippen LogP contribution in [0.3, 0.4) is 0 Å². The molecule has 1 aromatic rings. The van der Waals surface area contributed by atoms with E-state index >= 15 is 0 Å². The molecule has 7 heteroatoms. The van der Waals surface area contributed by atoms with E-state index in [-0.39, 0.29) is 23.5 Å². The molecule has 20 heavy (non-hydrogen) atoms. The lowest BCUT2D eigenvalue weighted by molar-refractivity contribution is -0.138. The number of morpholine rings is 1. The Labute approximate surface area is 115 Å². The molecule has 0 atom stereocenters. The molecule has 112 valence electrons. The number of hydrogen-bond donors (Lipinski definition) is 1. The molecule has 2 N–H and O–H groups in total. The highest BCUT2D eigenvalue weighted by molar-refractivity contribution is 5.57. The summed E-state index contributed by atoms with van der Waals surface area (Å²) in [7, 11) is 1.39. The van der Waals surface area contributed by atoms with E-state index in [4.69, 9.17) is 15.2 Å². The van der Waals surface area contributed by atoms with Crippen LogP contribution in [0.2, 0.25) is 0 Å². The Morgan fingerprint density at radius 2 is 1.95 bits per heavy atom. The highest BCUT2D eigenvalue weighted by atomic mass is 19.4. The molecule has 0 aliphatic carbocycles. The SMILES string of the molecule is COc1cc(CN2CCOCC2)c(C(F)(F)F)cc1N. The molecule has 1 heterocycles. The summed E-state index contributed by atoms with van der Waals surface area (Å²) in [4.78, 5) is 1.92. The summed E-state index contributed by atoms with van der Waals surface area (Å²) < 4.78 is 49.4. The van der Waals surface area contributed by atoms with Crippen molar-refractivity contribution in [2.75, 3.05) is 39.1 Å². The van der Waals surface area contributed by atoms with E-state index in [0.717, 1.165) is 6.07 Å². The van der Waals surface area contributed by atoms with Crippen molar-refractivity contribution < 1.29 is 22.6 Å². The molecule has 1 aromatic carbocycles. The topological polar surface area (TPSA) is 47.7 Å². The lowest BCUT2D eigenvalue weighted by atomic mass is 10.0. The Hall–Kier alpha value is -1.47. The summed E-state index contributed by atoms with van der Waals surface area (Å²) in [5.41, 5.74) is 5.03. The van der Waals surface area contributed by atoms with Gasteiger partial charge in [-0.15, -0.1) is 0 Å². The van der Waals surface area contributed by atoms with Crippen molar-refractivity contribution in [3.63, 3.8) is 0 Å². The van der Waals surface area contributed by atoms with Gasteiger partial charge in [0, 0.05) is 19.6 Å². The predicted molar refractivity (Wildman–Crippen MR) is 68.5 cm³/mol. The average Bonchev–Trinajstić information content (AvgIpc) is 2.40. The molecule has 1 aliphatic rings. The van der Waals surface area contributed by atoms with Crippen molar-refractivity contribution in [2.24, 2.45) is 0 Å². The molecule has 4 nitrogen and oxygen atoms in total. The minimum absolute atomic E-state index is 0.00875. The van der Waals surface area contributed by atoms with Crippen LogP contribution >= 0.6 is 0 Å². The molecule has 0 saturated carbocycles. The number of methoxy groups -OCH3 is 1. The first-order valence-electron chi connectivity index (χ1n) is 6.25. The fraction of sp³-hybridized carbons (Fsp3) is 0.538. The number of ether oxygens (including phenoxy) is 2. The maximum Gasteiger partial charge on any atom is 0.416 e. The van der Waals surface area contributed by atoms with Crippen molar-refractivity contribution >= 4 is 5.69 Å². The van der Waals surface area contributed by atoms with E-state index in [9.17, 15) is 13.2 Å². The van der Waals surface area contributed by atoms with Crippen LogP contribution in [0.5, 0.6) is 5.75 Å². The number of anilines is 1. The zero-order chi connectivity index (χ0) is 14.8. The van der Waals surface area contributed by atoms with Crippen molar-refractivity contribution in [3.05, 3.63) is 23.3 Å². The lowest BCUT2D eigenvalue weighted by Gasteiger charge is -2.28. The number of benzene rings is 1. The number of hydrogen-bond acceptors (Lipinski definition) is 4. The summed E-state index contributed by atoms with van der Waals surface area (Å²) in [5.74, 6) is 0.265. The fourth-order valence-corrected chi connectivity index (χ4v) is 2.21. The number of halogens is 3. The van der Waals surface area contributed by atoms with E-state index in [2.05, 4.69) is 0 Å². The van der Waals surface area contributed by atoms with Gasteiger partial charge < -0.3 is 15.2 Å². The largest absolute Gasteiger partial charge is 0.495 e. The maximum atomic E-state index is 13.1. The zero-order valence-corrected chi connectivity index (χ0v) is 11.2. The molecule has 1 saturated heterocycles. The first-order chi connectivity index (χ1) is 9.41. The number of nitrogen functional groups attached to an aromatic ring is 1. The Kier molecular flexibility index (Phi) is 4.39. The third-order valence-corrected chi connectivity index (χ3v) is 3.26. The van der Waals surface area contributed by atoms with E-state index in [1.54, 1.807) is 0 Å². The molecule has 0 aromatic heterocycles. The quantitative estimate of drug-likeness (QED) is 0.866. The summed E-state index contributed by atoms with van der Waals surface area (Å²) in [5, 5.41) is 0. The van der Waals surface area contributed by atoms with Crippen LogP contribution in [0.4, 0.5) is 18.9 Å². The third-order valence-electron chi connectivity index (χ3n) is 3.26. The van der Waals surface area contributed by atoms with Gasteiger partial charge in [0.15, 0.2) is 0 Å². The second-order valence-electron chi connectivity index (χ2n) is 4.64. The van der Waals surface area contributed by atoms with Crippen LogP contribution in [-0.4, -0.2) is 38.3 Å². The van der Waals surface area contributed by atoms with Crippen LogP contribution in [0.25, 0.3) is 0 Å². The Morgan fingerprint density at radius 3 is 2.50 bits per heavy atom. The monoisotopic (exact) mass is 290 g/mol. The van der Waals surface area contributed by atoms with Crippen LogP contribution < -0.4 is 10.5 Å². The van der Waals surface area contributed by atoms with Crippen molar-refractivity contribution in [2.45, 2.75) is 12.7 Å². The molecule has 2 rings (SSSR count). The number of nitrogens with zero attached hydrogens (tertiary/aromatic N) is 1. The zero-order valence-electron chi connectivity index (χ0n) is 11.2. The van der Waals surface area contributed by atoms with E-state index in [1.165, 1.54) is 13.2 Å². The van der Waals surface area contributed by atoms with Gasteiger partial charge in [0.2, 0.25) is 0 Å². The maximum absolute atomic E-state index is 13.1. The standard InChI is InChI=1S/C13H17F3N2O2/c1-19-12-6-9(8-18-2-4-20-5-3-18)10(7-11(12)17)13(14,15)16/h6-7H,2-5,8,17H2,1H3. The van der Waals surface area contributed by atoms with Gasteiger partial charge in [0.1, 0.15) is 5.75 Å². The van der Waals surface area contributed by atoms with Gasteiger partial charge in [-0.05, 0) is 17.7 Å². The van der Waals surface area contributed by atoms with Crippen molar-refractivity contribution in [3.8, 4) is 5.75 Å². The second-order valence-corrected chi connectivity index (χ2v) is 4.64. The van der Waals surface area contributed by atoms with Gasteiger partial charge in [-0.2, -0.15) is 13.2 Å². The molecule has 0 amide bonds. The normalized spacial score (nSPS) is 17.2. The number of alkyl halides is 3. The molecular weight excluding hydrogens is 273 g/mol. The molecule has 1 fully saturated rings. The highest BCUT2D eigenvalue weighted by Crippen LogP contribution is 2.37. The van der Waals surface area contributed by atoms with E-state index in [0.29, 0.717) is 26.3 Å². The predicted octanol–water partition coefficient (Wildman–Crippen LogP) is 2.13. The Balaban J connectivity index is 2.32. The van der Waals surface area contributed by atoms with Gasteiger partial charge in [-0.1, -0.05) is 0 Å². The first kappa shape index (κ1) is 14.9. The van der Waals surface area contributed by atoms with E-state index in [1.807, 2.05) is 4.90 Å². The number of rotatable bonds is 3. The van der Waals surface area contributed by atoms with Crippen molar-refractivity contribution in [1.82, 2.24) is 4.90 Å². The average molecular weight is 290 g/mol. The van der Waals surface area contributed by atoms with Gasteiger partial charge in [0.25, 0.3) is 0 Å². The van der Waals surface area contributed by atoms with Crippen LogP contribution in [0.1, 0.15) is 11.1 Å². The Morgan fingerprint density at radius 1 is 1.30 bits per heavy atom. The summed E-state index contributed by atoms with van der Waals surface area (Å²) >= 11 is 0. The molecule has 1 aliphatic heterocycles. The fourth-order valence-electron chi connectivity index (χ4n) is 2.21. The van der Waals surface area contributed by atoms with Gasteiger partial charge >= 0.3 is 6.18 Å². The minimum Gasteiger partial charge on any atom is -0.495 e. The highest BCUT2D eigenvalue weighted by Gasteiger charge is 2.34. The molecule has 0 bridgehead atoms. The van der Waals surface area contributed by atoms with Gasteiger partial charge in [-0.3, -0.25) is 4.90 Å². The molecule has 0 radical (unpaired) electrons. The van der Waals surface area contributed by atoms with Crippen LogP contribution in [0.15, 0.2) is 12.1 Å². The third kappa shape index (κ3) is 3.34. The second kappa shape index (κ2) is 5.88. The molecule has 0 spiro atoms. The smallest absolute Gasteiger partial charge is 0.416 e. The summed E-state index contributed by atoms with van der Waals surface area (Å²) in [6, 6.07) is 2.31.